The van der Waals surface area contributed by atoms with E-state index in [-0.39, 0.29) is 6.61 Å². The highest BCUT2D eigenvalue weighted by Crippen LogP contribution is 2.36. The molecule has 4 rings (SSSR count). The fraction of sp³-hybridized carbons (Fsp3) is 0.688. The van der Waals surface area contributed by atoms with Gasteiger partial charge in [0.05, 0.1) is 18.6 Å². The first-order valence-corrected chi connectivity index (χ1v) is 8.50. The fourth-order valence-corrected chi connectivity index (χ4v) is 3.84. The molecule has 8 heteroatoms. The Morgan fingerprint density at radius 3 is 2.58 bits per heavy atom. The summed E-state index contributed by atoms with van der Waals surface area (Å²) in [6.45, 7) is -0.357. The van der Waals surface area contributed by atoms with Crippen LogP contribution < -0.4 is 0 Å². The van der Waals surface area contributed by atoms with Crippen LogP contribution in [0.2, 0.25) is 0 Å². The average Bonchev–Trinajstić information content (AvgIpc) is 3.17. The second-order valence-electron chi connectivity index (χ2n) is 6.65. The van der Waals surface area contributed by atoms with E-state index in [1.807, 2.05) is 0 Å². The van der Waals surface area contributed by atoms with E-state index in [1.54, 1.807) is 10.9 Å². The second-order valence-corrected chi connectivity index (χ2v) is 6.65. The molecule has 1 unspecified atom stereocenters. The maximum atomic E-state index is 10.2. The number of hydrogen-bond acceptors (Lipinski definition) is 7. The predicted octanol–water partition coefficient (Wildman–Crippen LogP) is 0.485. The molecular formula is C16H22N4O4. The highest BCUT2D eigenvalue weighted by Gasteiger charge is 2.44. The van der Waals surface area contributed by atoms with E-state index >= 15 is 0 Å². The van der Waals surface area contributed by atoms with E-state index < -0.39 is 24.5 Å². The lowest BCUT2D eigenvalue weighted by Crippen LogP contribution is -2.33. The van der Waals surface area contributed by atoms with Gasteiger partial charge in [0, 0.05) is 5.92 Å². The lowest BCUT2D eigenvalue weighted by Gasteiger charge is -2.21. The van der Waals surface area contributed by atoms with Crippen molar-refractivity contribution in [3.8, 4) is 0 Å². The number of aliphatic hydroxyl groups excluding tert-OH is 3. The Kier molecular flexibility index (Phi) is 4.21. The third-order valence-electron chi connectivity index (χ3n) is 5.17. The summed E-state index contributed by atoms with van der Waals surface area (Å²) in [5, 5.41) is 29.4. The first-order chi connectivity index (χ1) is 11.7. The molecule has 24 heavy (non-hydrogen) atoms. The average molecular weight is 334 g/mol. The minimum absolute atomic E-state index is 0.357. The molecule has 3 heterocycles. The first kappa shape index (κ1) is 15.9. The molecule has 2 aliphatic rings. The van der Waals surface area contributed by atoms with Gasteiger partial charge < -0.3 is 20.1 Å². The monoisotopic (exact) mass is 334 g/mol. The summed E-state index contributed by atoms with van der Waals surface area (Å²) in [6, 6.07) is 0. The van der Waals surface area contributed by atoms with Crippen molar-refractivity contribution in [3.05, 3.63) is 18.3 Å². The lowest BCUT2D eigenvalue weighted by molar-refractivity contribution is -0.0511. The minimum atomic E-state index is -1.15. The van der Waals surface area contributed by atoms with Crippen LogP contribution in [0, 0.1) is 0 Å². The Labute approximate surface area is 139 Å². The van der Waals surface area contributed by atoms with Gasteiger partial charge in [-0.1, -0.05) is 19.3 Å². The number of hydrogen-bond donors (Lipinski definition) is 3. The van der Waals surface area contributed by atoms with Crippen molar-refractivity contribution in [2.75, 3.05) is 6.61 Å². The molecule has 2 aromatic rings. The summed E-state index contributed by atoms with van der Waals surface area (Å²) in [4.78, 5) is 13.2. The molecule has 1 aliphatic heterocycles. The van der Waals surface area contributed by atoms with Gasteiger partial charge in [0.25, 0.3) is 0 Å². The van der Waals surface area contributed by atoms with Crippen LogP contribution in [-0.4, -0.2) is 59.8 Å². The molecule has 1 saturated heterocycles. The summed E-state index contributed by atoms with van der Waals surface area (Å²) < 4.78 is 7.20. The molecule has 2 aromatic heterocycles. The van der Waals surface area contributed by atoms with Gasteiger partial charge in [-0.05, 0) is 12.8 Å². The topological polar surface area (TPSA) is 114 Å². The molecule has 1 saturated carbocycles. The van der Waals surface area contributed by atoms with E-state index in [1.165, 1.54) is 25.6 Å². The summed E-state index contributed by atoms with van der Waals surface area (Å²) >= 11 is 0. The highest BCUT2D eigenvalue weighted by molar-refractivity contribution is 5.73. The molecule has 3 N–H and O–H groups in total. The smallest absolute Gasteiger partial charge is 0.165 e. The van der Waals surface area contributed by atoms with Crippen molar-refractivity contribution in [2.24, 2.45) is 0 Å². The minimum Gasteiger partial charge on any atom is -0.394 e. The van der Waals surface area contributed by atoms with Gasteiger partial charge in [0.1, 0.15) is 30.2 Å². The third kappa shape index (κ3) is 2.50. The van der Waals surface area contributed by atoms with Crippen molar-refractivity contribution < 1.29 is 20.1 Å². The second kappa shape index (κ2) is 6.36. The summed E-state index contributed by atoms with van der Waals surface area (Å²) in [5.74, 6) is 0.387. The van der Waals surface area contributed by atoms with Gasteiger partial charge in [0.2, 0.25) is 0 Å². The van der Waals surface area contributed by atoms with E-state index in [0.717, 1.165) is 24.1 Å². The van der Waals surface area contributed by atoms with Crippen molar-refractivity contribution in [1.82, 2.24) is 19.5 Å². The number of aliphatic hydroxyl groups is 3. The Morgan fingerprint density at radius 1 is 1.08 bits per heavy atom. The molecule has 130 valence electrons. The van der Waals surface area contributed by atoms with Crippen LogP contribution in [0.15, 0.2) is 12.7 Å². The Bertz CT molecular complexity index is 715. The lowest BCUT2D eigenvalue weighted by atomic mass is 9.86. The van der Waals surface area contributed by atoms with Crippen LogP contribution in [0.5, 0.6) is 0 Å². The number of rotatable bonds is 3. The number of fused-ring (bicyclic) bond motifs is 1. The third-order valence-corrected chi connectivity index (χ3v) is 5.17. The number of aromatic nitrogens is 4. The first-order valence-electron chi connectivity index (χ1n) is 8.50. The quantitative estimate of drug-likeness (QED) is 0.748. The van der Waals surface area contributed by atoms with E-state index in [4.69, 9.17) is 4.74 Å². The molecule has 0 spiro atoms. The van der Waals surface area contributed by atoms with Crippen molar-refractivity contribution >= 4 is 11.2 Å². The van der Waals surface area contributed by atoms with Crippen molar-refractivity contribution in [3.63, 3.8) is 0 Å². The van der Waals surface area contributed by atoms with Crippen LogP contribution in [-0.2, 0) is 4.74 Å². The normalized spacial score (nSPS) is 31.8. The van der Waals surface area contributed by atoms with Crippen molar-refractivity contribution in [2.45, 2.75) is 62.6 Å². The molecule has 0 amide bonds. The SMILES string of the molecule is OC[C@@H]1OC(n2cnc3c(C4CCCCC4)ncnc32)[C@H](O)[C@H]1O. The molecule has 0 radical (unpaired) electrons. The molecule has 4 atom stereocenters. The Balaban J connectivity index is 1.71. The maximum Gasteiger partial charge on any atom is 0.165 e. The Hall–Kier alpha value is -1.61. The molecule has 0 aromatic carbocycles. The van der Waals surface area contributed by atoms with Crippen LogP contribution in [0.4, 0.5) is 0 Å². The number of imidazole rings is 1. The zero-order valence-corrected chi connectivity index (χ0v) is 13.3. The number of nitrogens with zero attached hydrogens (tertiary/aromatic N) is 4. The molecule has 1 aliphatic carbocycles. The zero-order valence-electron chi connectivity index (χ0n) is 13.3. The highest BCUT2D eigenvalue weighted by atomic mass is 16.6. The predicted molar refractivity (Wildman–Crippen MR) is 84.2 cm³/mol. The van der Waals surface area contributed by atoms with E-state index in [9.17, 15) is 15.3 Å². The van der Waals surface area contributed by atoms with Crippen LogP contribution >= 0.6 is 0 Å². The molecule has 0 bridgehead atoms. The van der Waals surface area contributed by atoms with Gasteiger partial charge in [0.15, 0.2) is 11.9 Å². The van der Waals surface area contributed by atoms with E-state index in [2.05, 4.69) is 15.0 Å². The molecule has 8 nitrogen and oxygen atoms in total. The maximum absolute atomic E-state index is 10.2. The largest absolute Gasteiger partial charge is 0.394 e. The van der Waals surface area contributed by atoms with Gasteiger partial charge in [-0.3, -0.25) is 4.57 Å². The zero-order chi connectivity index (χ0) is 16.7. The van der Waals surface area contributed by atoms with E-state index in [0.29, 0.717) is 11.6 Å². The summed E-state index contributed by atoms with van der Waals surface area (Å²) in [6.07, 6.45) is 5.03. The fourth-order valence-electron chi connectivity index (χ4n) is 3.84. The molecule has 2 fully saturated rings. The van der Waals surface area contributed by atoms with Crippen molar-refractivity contribution in [1.29, 1.82) is 0 Å². The summed E-state index contributed by atoms with van der Waals surface area (Å²) in [5.41, 5.74) is 2.26. The standard InChI is InChI=1S/C16H22N4O4/c21-6-10-13(22)14(23)16(24-10)20-8-19-12-11(17-7-18-15(12)20)9-4-2-1-3-5-9/h7-10,13-14,16,21-23H,1-6H2/t10-,13-,14+,16?/m0/s1. The molecular weight excluding hydrogens is 312 g/mol. The van der Waals surface area contributed by atoms with Gasteiger partial charge in [-0.2, -0.15) is 0 Å². The Morgan fingerprint density at radius 2 is 1.88 bits per heavy atom. The van der Waals surface area contributed by atoms with Gasteiger partial charge in [-0.25, -0.2) is 15.0 Å². The van der Waals surface area contributed by atoms with Gasteiger partial charge >= 0.3 is 0 Å². The summed E-state index contributed by atoms with van der Waals surface area (Å²) in [7, 11) is 0. The van der Waals surface area contributed by atoms with Crippen LogP contribution in [0.25, 0.3) is 11.2 Å². The van der Waals surface area contributed by atoms with Crippen LogP contribution in [0.1, 0.15) is 49.9 Å². The van der Waals surface area contributed by atoms with Gasteiger partial charge in [-0.15, -0.1) is 0 Å². The number of ether oxygens (including phenoxy) is 1. The van der Waals surface area contributed by atoms with Crippen LogP contribution in [0.3, 0.4) is 0 Å².